The van der Waals surface area contributed by atoms with E-state index in [9.17, 15) is 22.8 Å². The first kappa shape index (κ1) is 42.6. The monoisotopic (exact) mass is 750 g/mol. The van der Waals surface area contributed by atoms with Crippen molar-refractivity contribution < 1.29 is 36.7 Å². The standard InChI is InChI=1S/C31H49F3N6O6S2Si/c1-21(2)38-46-23-15-25(45-24(23)17-44-49(10,11)29(3,4)5)40-16-22(26(37-28(40)42)36-19-39(8)9)13-12-14-43-20-47-48-30(6,7)18-35-27(41)31(32,33)34/h16,19,23-25H,14-15,17-18,20H2,1-11H3,(H,35,41)/b36-19+/t23-,24-,25-/m1/s1. The molecule has 0 radical (unpaired) electrons. The van der Waals surface area contributed by atoms with Gasteiger partial charge in [0, 0.05) is 38.0 Å². The second-order valence-corrected chi connectivity index (χ2v) is 21.7. The fourth-order valence-electron chi connectivity index (χ4n) is 3.70. The predicted octanol–water partition coefficient (Wildman–Crippen LogP) is 5.72. The van der Waals surface area contributed by atoms with Gasteiger partial charge in [-0.2, -0.15) is 18.2 Å². The summed E-state index contributed by atoms with van der Waals surface area (Å²) in [5, 5.41) is 6.04. The normalized spacial score (nSPS) is 18.6. The van der Waals surface area contributed by atoms with Crippen molar-refractivity contribution in [3.8, 4) is 11.8 Å². The van der Waals surface area contributed by atoms with Crippen LogP contribution in [0.3, 0.4) is 0 Å². The van der Waals surface area contributed by atoms with Crippen LogP contribution in [-0.2, 0) is 23.5 Å². The van der Waals surface area contributed by atoms with Gasteiger partial charge in [-0.15, -0.1) is 0 Å². The van der Waals surface area contributed by atoms with Gasteiger partial charge in [0.2, 0.25) is 0 Å². The van der Waals surface area contributed by atoms with E-state index < -0.39 is 49.3 Å². The summed E-state index contributed by atoms with van der Waals surface area (Å²) in [6, 6.07) is 0. The maximum Gasteiger partial charge on any atom is 0.471 e. The van der Waals surface area contributed by atoms with Gasteiger partial charge in [-0.3, -0.25) is 9.36 Å². The van der Waals surface area contributed by atoms with Gasteiger partial charge in [-0.25, -0.2) is 9.79 Å². The van der Waals surface area contributed by atoms with Gasteiger partial charge < -0.3 is 29.0 Å². The smallest absolute Gasteiger partial charge is 0.414 e. The fraction of sp³-hybridized carbons (Fsp3) is 0.710. The summed E-state index contributed by atoms with van der Waals surface area (Å²) in [7, 11) is 4.01. The number of amides is 1. The molecule has 49 heavy (non-hydrogen) atoms. The predicted molar refractivity (Wildman–Crippen MR) is 192 cm³/mol. The summed E-state index contributed by atoms with van der Waals surface area (Å²) in [6.07, 6.45) is -3.20. The van der Waals surface area contributed by atoms with Crippen molar-refractivity contribution in [2.24, 2.45) is 10.1 Å². The minimum atomic E-state index is -4.93. The maximum absolute atomic E-state index is 13.2. The molecule has 12 nitrogen and oxygen atoms in total. The lowest BCUT2D eigenvalue weighted by Gasteiger charge is -2.37. The lowest BCUT2D eigenvalue weighted by molar-refractivity contribution is -0.173. The largest absolute Gasteiger partial charge is 0.471 e. The molecular formula is C31H49F3N6O6S2Si. The minimum absolute atomic E-state index is 0.00653. The Morgan fingerprint density at radius 1 is 1.24 bits per heavy atom. The summed E-state index contributed by atoms with van der Waals surface area (Å²) >= 11 is 0. The first-order valence-corrected chi connectivity index (χ1v) is 20.8. The highest BCUT2D eigenvalue weighted by atomic mass is 33.1. The number of nitrogens with one attached hydrogen (secondary N) is 1. The highest BCUT2D eigenvalue weighted by molar-refractivity contribution is 8.77. The third-order valence-corrected chi connectivity index (χ3v) is 14.8. The van der Waals surface area contributed by atoms with Gasteiger partial charge in [0.25, 0.3) is 0 Å². The van der Waals surface area contributed by atoms with Crippen molar-refractivity contribution >= 4 is 53.7 Å². The molecule has 276 valence electrons. The van der Waals surface area contributed by atoms with Crippen LogP contribution in [0.25, 0.3) is 0 Å². The molecule has 18 heteroatoms. The van der Waals surface area contributed by atoms with Crippen LogP contribution in [0.1, 0.15) is 66.7 Å². The molecule has 1 aliphatic heterocycles. The second kappa shape index (κ2) is 18.1. The van der Waals surface area contributed by atoms with Gasteiger partial charge >= 0.3 is 17.8 Å². The molecule has 0 unspecified atom stereocenters. The van der Waals surface area contributed by atoms with Gasteiger partial charge in [-0.1, -0.05) is 59.4 Å². The van der Waals surface area contributed by atoms with E-state index >= 15 is 0 Å². The van der Waals surface area contributed by atoms with Gasteiger partial charge in [0.15, 0.2) is 20.2 Å². The molecule has 1 aromatic rings. The zero-order valence-electron chi connectivity index (χ0n) is 30.1. The van der Waals surface area contributed by atoms with Crippen molar-refractivity contribution in [3.63, 3.8) is 0 Å². The van der Waals surface area contributed by atoms with E-state index in [-0.39, 0.29) is 36.6 Å². The number of rotatable bonds is 15. The Bertz CT molecular complexity index is 1450. The van der Waals surface area contributed by atoms with Crippen LogP contribution in [0, 0.1) is 11.8 Å². The van der Waals surface area contributed by atoms with Crippen LogP contribution >= 0.6 is 21.6 Å². The molecule has 0 aromatic carbocycles. The molecule has 0 bridgehead atoms. The van der Waals surface area contributed by atoms with Crippen molar-refractivity contribution in [1.82, 2.24) is 19.8 Å². The van der Waals surface area contributed by atoms with E-state index in [1.807, 2.05) is 19.2 Å². The highest BCUT2D eigenvalue weighted by Gasteiger charge is 2.43. The molecular weight excluding hydrogens is 702 g/mol. The highest BCUT2D eigenvalue weighted by Crippen LogP contribution is 2.38. The van der Waals surface area contributed by atoms with Crippen LogP contribution in [0.2, 0.25) is 18.1 Å². The van der Waals surface area contributed by atoms with Crippen molar-refractivity contribution in [2.45, 2.75) is 102 Å². The number of ether oxygens (including phenoxy) is 2. The molecule has 1 aliphatic rings. The number of oxime groups is 1. The summed E-state index contributed by atoms with van der Waals surface area (Å²) in [4.78, 5) is 40.4. The quantitative estimate of drug-likeness (QED) is 0.0348. The summed E-state index contributed by atoms with van der Waals surface area (Å²) < 4.78 is 56.5. The lowest BCUT2D eigenvalue weighted by atomic mass is 10.2. The number of carbonyl (C=O) groups excluding carboxylic acids is 1. The average Bonchev–Trinajstić information content (AvgIpc) is 3.38. The molecule has 1 fully saturated rings. The molecule has 0 aliphatic carbocycles. The maximum atomic E-state index is 13.2. The van der Waals surface area contributed by atoms with Crippen molar-refractivity contribution in [3.05, 3.63) is 22.2 Å². The number of nitrogens with zero attached hydrogens (tertiary/aromatic N) is 5. The fourth-order valence-corrected chi connectivity index (χ4v) is 6.85. The third kappa shape index (κ3) is 14.3. The SMILES string of the molecule is CC(C)=NO[C@@H]1C[C@H](n2cc(C#CCOCSSC(C)(C)CNC(=O)C(F)(F)F)c(/N=C/N(C)C)nc2=O)O[C@@H]1CO[Si](C)(C)C(C)(C)C. The molecule has 0 spiro atoms. The van der Waals surface area contributed by atoms with Crippen LogP contribution in [0.4, 0.5) is 19.0 Å². The Balaban J connectivity index is 2.18. The van der Waals surface area contributed by atoms with Crippen LogP contribution in [0.15, 0.2) is 21.1 Å². The second-order valence-electron chi connectivity index (χ2n) is 13.9. The molecule has 1 saturated heterocycles. The van der Waals surface area contributed by atoms with E-state index in [4.69, 9.17) is 18.7 Å². The average molecular weight is 751 g/mol. The Hall–Kier alpha value is -2.56. The summed E-state index contributed by atoms with van der Waals surface area (Å²) in [5.74, 6) is 4.23. The number of aromatic nitrogens is 2. The molecule has 2 rings (SSSR count). The van der Waals surface area contributed by atoms with Crippen LogP contribution < -0.4 is 11.0 Å². The number of carbonyl (C=O) groups is 1. The van der Waals surface area contributed by atoms with Gasteiger partial charge in [0.05, 0.1) is 24.2 Å². The first-order chi connectivity index (χ1) is 22.5. The van der Waals surface area contributed by atoms with Crippen LogP contribution in [-0.4, -0.2) is 104 Å². The van der Waals surface area contributed by atoms with Crippen LogP contribution in [0.5, 0.6) is 0 Å². The van der Waals surface area contributed by atoms with Crippen molar-refractivity contribution in [2.75, 3.05) is 39.8 Å². The number of aliphatic imine (C=N–C) groups is 1. The Morgan fingerprint density at radius 3 is 2.51 bits per heavy atom. The Kier molecular flexibility index (Phi) is 15.7. The molecule has 0 saturated carbocycles. The molecule has 3 atom stereocenters. The molecule has 1 amide bonds. The molecule has 1 N–H and O–H groups in total. The molecule has 2 heterocycles. The third-order valence-electron chi connectivity index (χ3n) is 7.36. The van der Waals surface area contributed by atoms with E-state index in [0.717, 1.165) is 5.71 Å². The lowest BCUT2D eigenvalue weighted by Crippen LogP contribution is -2.44. The van der Waals surface area contributed by atoms with E-state index in [2.05, 4.69) is 60.8 Å². The number of hydrogen-bond acceptors (Lipinski definition) is 11. The zero-order chi connectivity index (χ0) is 37.2. The number of hydrogen-bond donors (Lipinski definition) is 1. The first-order valence-electron chi connectivity index (χ1n) is 15.5. The minimum Gasteiger partial charge on any atom is -0.414 e. The number of halogens is 3. The zero-order valence-corrected chi connectivity index (χ0v) is 32.7. The Morgan fingerprint density at radius 2 is 1.92 bits per heavy atom. The number of alkyl halides is 3. The Labute approximate surface area is 295 Å². The topological polar surface area (TPSA) is 129 Å². The van der Waals surface area contributed by atoms with Gasteiger partial charge in [0.1, 0.15) is 24.9 Å². The van der Waals surface area contributed by atoms with E-state index in [1.165, 1.54) is 32.5 Å². The van der Waals surface area contributed by atoms with Gasteiger partial charge in [-0.05, 0) is 45.8 Å². The summed E-state index contributed by atoms with van der Waals surface area (Å²) in [5.41, 5.74) is 0.541. The van der Waals surface area contributed by atoms with E-state index in [1.54, 1.807) is 39.0 Å². The summed E-state index contributed by atoms with van der Waals surface area (Å²) in [6.45, 7) is 18.0. The van der Waals surface area contributed by atoms with Crippen molar-refractivity contribution in [1.29, 1.82) is 0 Å². The molecule has 1 aromatic heterocycles. The van der Waals surface area contributed by atoms with E-state index in [0.29, 0.717) is 12.0 Å².